The van der Waals surface area contributed by atoms with Gasteiger partial charge in [-0.1, -0.05) is 47.5 Å². The quantitative estimate of drug-likeness (QED) is 0.530. The number of carbonyl (C=O) groups excluding carboxylic acids is 1. The standard InChI is InChI=1S/C11H23NO2/c1-6-8(3)11(5,9(4)7-2)10(13)12-14/h8-9,14H,6-7H2,1-5H3,(H,12,13). The molecule has 0 aliphatic carbocycles. The Balaban J connectivity index is 4.93. The molecule has 0 spiro atoms. The highest BCUT2D eigenvalue weighted by molar-refractivity contribution is 5.81. The molecule has 0 aromatic carbocycles. The lowest BCUT2D eigenvalue weighted by molar-refractivity contribution is -0.145. The molecule has 0 radical (unpaired) electrons. The van der Waals surface area contributed by atoms with E-state index in [4.69, 9.17) is 5.21 Å². The third-order valence-corrected chi connectivity index (χ3v) is 3.86. The van der Waals surface area contributed by atoms with E-state index in [1.54, 1.807) is 5.48 Å². The van der Waals surface area contributed by atoms with Crippen LogP contribution < -0.4 is 5.48 Å². The summed E-state index contributed by atoms with van der Waals surface area (Å²) < 4.78 is 0. The molecular formula is C11H23NO2. The Kier molecular flexibility index (Phi) is 5.13. The topological polar surface area (TPSA) is 49.3 Å². The lowest BCUT2D eigenvalue weighted by Crippen LogP contribution is -2.46. The highest BCUT2D eigenvalue weighted by Crippen LogP contribution is 2.39. The van der Waals surface area contributed by atoms with Crippen molar-refractivity contribution >= 4 is 5.91 Å². The fraction of sp³-hybridized carbons (Fsp3) is 0.909. The molecular weight excluding hydrogens is 178 g/mol. The summed E-state index contributed by atoms with van der Waals surface area (Å²) in [6.07, 6.45) is 1.88. The number of hydrogen-bond donors (Lipinski definition) is 2. The summed E-state index contributed by atoms with van der Waals surface area (Å²) in [4.78, 5) is 11.7. The van der Waals surface area contributed by atoms with Crippen molar-refractivity contribution in [3.63, 3.8) is 0 Å². The largest absolute Gasteiger partial charge is 0.289 e. The second-order valence-corrected chi connectivity index (χ2v) is 4.34. The summed E-state index contributed by atoms with van der Waals surface area (Å²) >= 11 is 0. The fourth-order valence-electron chi connectivity index (χ4n) is 1.90. The van der Waals surface area contributed by atoms with Crippen LogP contribution in [0.2, 0.25) is 0 Å². The number of hydroxylamine groups is 1. The molecule has 84 valence electrons. The van der Waals surface area contributed by atoms with Gasteiger partial charge in [0.15, 0.2) is 0 Å². The van der Waals surface area contributed by atoms with Crippen LogP contribution in [0.5, 0.6) is 0 Å². The molecule has 0 saturated carbocycles. The monoisotopic (exact) mass is 201 g/mol. The highest BCUT2D eigenvalue weighted by atomic mass is 16.5. The Morgan fingerprint density at radius 2 is 1.64 bits per heavy atom. The van der Waals surface area contributed by atoms with Crippen molar-refractivity contribution in [2.75, 3.05) is 0 Å². The highest BCUT2D eigenvalue weighted by Gasteiger charge is 2.41. The van der Waals surface area contributed by atoms with E-state index in [1.165, 1.54) is 0 Å². The molecule has 0 aliphatic heterocycles. The first kappa shape index (κ1) is 13.4. The summed E-state index contributed by atoms with van der Waals surface area (Å²) in [7, 11) is 0. The molecule has 2 unspecified atom stereocenters. The Hall–Kier alpha value is -0.570. The summed E-state index contributed by atoms with van der Waals surface area (Å²) in [5, 5.41) is 8.76. The Morgan fingerprint density at radius 1 is 1.29 bits per heavy atom. The molecule has 0 rings (SSSR count). The van der Waals surface area contributed by atoms with Crippen LogP contribution >= 0.6 is 0 Å². The summed E-state index contributed by atoms with van der Waals surface area (Å²) in [6.45, 7) is 10.2. The van der Waals surface area contributed by atoms with Gasteiger partial charge in [0.2, 0.25) is 5.91 Å². The maximum atomic E-state index is 11.7. The minimum atomic E-state index is -0.474. The molecule has 3 nitrogen and oxygen atoms in total. The van der Waals surface area contributed by atoms with E-state index < -0.39 is 5.41 Å². The van der Waals surface area contributed by atoms with E-state index in [2.05, 4.69) is 27.7 Å². The van der Waals surface area contributed by atoms with Gasteiger partial charge in [0, 0.05) is 0 Å². The number of amides is 1. The van der Waals surface area contributed by atoms with Crippen molar-refractivity contribution in [3.8, 4) is 0 Å². The molecule has 0 heterocycles. The van der Waals surface area contributed by atoms with E-state index in [1.807, 2.05) is 6.92 Å². The first-order valence-corrected chi connectivity index (χ1v) is 5.39. The average Bonchev–Trinajstić information content (AvgIpc) is 2.24. The predicted octanol–water partition coefficient (Wildman–Crippen LogP) is 2.59. The molecule has 2 N–H and O–H groups in total. The van der Waals surface area contributed by atoms with Crippen LogP contribution in [-0.4, -0.2) is 11.1 Å². The van der Waals surface area contributed by atoms with Crippen molar-refractivity contribution in [2.45, 2.75) is 47.5 Å². The second-order valence-electron chi connectivity index (χ2n) is 4.34. The van der Waals surface area contributed by atoms with Gasteiger partial charge in [-0.2, -0.15) is 0 Å². The summed E-state index contributed by atoms with van der Waals surface area (Å²) in [5.74, 6) is 0.274. The van der Waals surface area contributed by atoms with Crippen LogP contribution in [0.15, 0.2) is 0 Å². The Morgan fingerprint density at radius 3 is 1.86 bits per heavy atom. The molecule has 14 heavy (non-hydrogen) atoms. The number of rotatable bonds is 5. The third-order valence-electron chi connectivity index (χ3n) is 3.86. The van der Waals surface area contributed by atoms with Gasteiger partial charge in [-0.25, -0.2) is 5.48 Å². The van der Waals surface area contributed by atoms with Gasteiger partial charge >= 0.3 is 0 Å². The zero-order valence-electron chi connectivity index (χ0n) is 9.92. The number of carbonyl (C=O) groups is 1. The van der Waals surface area contributed by atoms with Crippen LogP contribution in [0, 0.1) is 17.3 Å². The maximum Gasteiger partial charge on any atom is 0.249 e. The van der Waals surface area contributed by atoms with E-state index in [0.717, 1.165) is 12.8 Å². The Bertz CT molecular complexity index is 182. The maximum absolute atomic E-state index is 11.7. The van der Waals surface area contributed by atoms with Crippen molar-refractivity contribution < 1.29 is 10.0 Å². The molecule has 0 aliphatic rings. The van der Waals surface area contributed by atoms with Gasteiger partial charge in [0.05, 0.1) is 5.41 Å². The molecule has 0 aromatic rings. The normalized spacial score (nSPS) is 19.6. The van der Waals surface area contributed by atoms with Crippen molar-refractivity contribution in [2.24, 2.45) is 17.3 Å². The second kappa shape index (κ2) is 5.35. The fourth-order valence-corrected chi connectivity index (χ4v) is 1.90. The van der Waals surface area contributed by atoms with Gasteiger partial charge in [-0.05, 0) is 11.8 Å². The summed E-state index contributed by atoms with van der Waals surface area (Å²) in [6, 6.07) is 0. The molecule has 3 heteroatoms. The zero-order chi connectivity index (χ0) is 11.4. The van der Waals surface area contributed by atoms with Gasteiger partial charge in [-0.15, -0.1) is 0 Å². The first-order valence-electron chi connectivity index (χ1n) is 5.39. The van der Waals surface area contributed by atoms with Crippen LogP contribution in [0.1, 0.15) is 47.5 Å². The summed E-state index contributed by atoms with van der Waals surface area (Å²) in [5.41, 5.74) is 1.32. The van der Waals surface area contributed by atoms with Crippen LogP contribution in [0.4, 0.5) is 0 Å². The van der Waals surface area contributed by atoms with E-state index in [9.17, 15) is 4.79 Å². The van der Waals surface area contributed by atoms with Gasteiger partial charge in [0.1, 0.15) is 0 Å². The molecule has 0 aromatic heterocycles. The minimum Gasteiger partial charge on any atom is -0.289 e. The van der Waals surface area contributed by atoms with E-state index in [0.29, 0.717) is 0 Å². The smallest absolute Gasteiger partial charge is 0.249 e. The molecule has 0 saturated heterocycles. The van der Waals surface area contributed by atoms with Crippen molar-refractivity contribution in [3.05, 3.63) is 0 Å². The minimum absolute atomic E-state index is 0.263. The predicted molar refractivity (Wildman–Crippen MR) is 56.9 cm³/mol. The SMILES string of the molecule is CCC(C)C(C)(C(=O)NO)C(C)CC. The van der Waals surface area contributed by atoms with E-state index in [-0.39, 0.29) is 17.7 Å². The molecule has 2 atom stereocenters. The number of hydrogen-bond acceptors (Lipinski definition) is 2. The van der Waals surface area contributed by atoms with Crippen LogP contribution in [-0.2, 0) is 4.79 Å². The van der Waals surface area contributed by atoms with Gasteiger partial charge in [-0.3, -0.25) is 10.0 Å². The molecule has 0 fully saturated rings. The van der Waals surface area contributed by atoms with Crippen LogP contribution in [0.3, 0.4) is 0 Å². The van der Waals surface area contributed by atoms with E-state index >= 15 is 0 Å². The van der Waals surface area contributed by atoms with Crippen LogP contribution in [0.25, 0.3) is 0 Å². The van der Waals surface area contributed by atoms with Gasteiger partial charge < -0.3 is 0 Å². The molecule has 1 amide bonds. The number of nitrogens with one attached hydrogen (secondary N) is 1. The van der Waals surface area contributed by atoms with Gasteiger partial charge in [0.25, 0.3) is 0 Å². The van der Waals surface area contributed by atoms with Crippen molar-refractivity contribution in [1.29, 1.82) is 0 Å². The molecule has 0 bridgehead atoms. The lowest BCUT2D eigenvalue weighted by atomic mass is 9.67. The third kappa shape index (κ3) is 2.27. The average molecular weight is 201 g/mol. The zero-order valence-corrected chi connectivity index (χ0v) is 9.92. The lowest BCUT2D eigenvalue weighted by Gasteiger charge is -2.38. The van der Waals surface area contributed by atoms with Crippen molar-refractivity contribution in [1.82, 2.24) is 5.48 Å². The Labute approximate surface area is 86.8 Å². The first-order chi connectivity index (χ1) is 6.44.